The number of nitrogens with one attached hydrogen (secondary N) is 1. The van der Waals surface area contributed by atoms with Crippen LogP contribution in [0.2, 0.25) is 0 Å². The molecule has 0 unspecified atom stereocenters. The first-order valence-electron chi connectivity index (χ1n) is 5.93. The number of thiocarbonyl (C=S) groups is 1. The number of carbonyl (C=O) groups is 2. The maximum Gasteiger partial charge on any atom is 0.267 e. The monoisotopic (exact) mass is 287 g/mol. The van der Waals surface area contributed by atoms with Crippen molar-refractivity contribution in [1.29, 1.82) is 0 Å². The predicted molar refractivity (Wildman–Crippen MR) is 80.3 cm³/mol. The van der Waals surface area contributed by atoms with Crippen LogP contribution >= 0.6 is 12.2 Å². The van der Waals surface area contributed by atoms with Gasteiger partial charge >= 0.3 is 0 Å². The van der Waals surface area contributed by atoms with Gasteiger partial charge in [-0.2, -0.15) is 0 Å². The summed E-state index contributed by atoms with van der Waals surface area (Å²) in [5.41, 5.74) is 8.89. The molecular weight excluding hydrogens is 274 g/mol. The molecule has 0 saturated heterocycles. The van der Waals surface area contributed by atoms with Crippen molar-refractivity contribution in [2.24, 2.45) is 5.73 Å². The average molecular weight is 287 g/mol. The van der Waals surface area contributed by atoms with E-state index in [2.05, 4.69) is 5.43 Å². The number of ketones is 1. The van der Waals surface area contributed by atoms with Gasteiger partial charge in [0.15, 0.2) is 5.78 Å². The van der Waals surface area contributed by atoms with Gasteiger partial charge in [0.1, 0.15) is 10.7 Å². The first-order valence-corrected chi connectivity index (χ1v) is 6.34. The standard InChI is InChI=1S/C14H13N3O2S/c15-14(19)11-7-4-8-17(11)16-13(20)9-12(18)10-5-2-1-3-6-10/h1-8H,9H2,(H2,15,19)(H,16,20). The zero-order valence-electron chi connectivity index (χ0n) is 10.6. The van der Waals surface area contributed by atoms with Gasteiger partial charge in [0, 0.05) is 11.8 Å². The molecule has 0 spiro atoms. The van der Waals surface area contributed by atoms with E-state index in [0.29, 0.717) is 10.6 Å². The summed E-state index contributed by atoms with van der Waals surface area (Å²) in [5.74, 6) is -0.657. The molecule has 1 aromatic heterocycles. The fourth-order valence-electron chi connectivity index (χ4n) is 1.72. The van der Waals surface area contributed by atoms with Crippen molar-refractivity contribution in [3.63, 3.8) is 0 Å². The summed E-state index contributed by atoms with van der Waals surface area (Å²) in [4.78, 5) is 23.5. The molecule has 2 rings (SSSR count). The number of nitrogens with two attached hydrogens (primary N) is 1. The van der Waals surface area contributed by atoms with Crippen LogP contribution in [0.1, 0.15) is 27.3 Å². The number of hydrogen-bond donors (Lipinski definition) is 2. The van der Waals surface area contributed by atoms with E-state index < -0.39 is 5.91 Å². The van der Waals surface area contributed by atoms with Crippen LogP contribution in [0, 0.1) is 0 Å². The summed E-state index contributed by atoms with van der Waals surface area (Å²) >= 11 is 5.12. The molecule has 0 aliphatic rings. The van der Waals surface area contributed by atoms with Crippen LogP contribution in [0.5, 0.6) is 0 Å². The van der Waals surface area contributed by atoms with Crippen molar-refractivity contribution in [3.8, 4) is 0 Å². The van der Waals surface area contributed by atoms with Gasteiger partial charge in [-0.3, -0.25) is 19.7 Å². The smallest absolute Gasteiger partial charge is 0.267 e. The van der Waals surface area contributed by atoms with Crippen molar-refractivity contribution >= 4 is 28.9 Å². The van der Waals surface area contributed by atoms with Gasteiger partial charge in [-0.05, 0) is 12.1 Å². The molecule has 1 heterocycles. The Bertz CT molecular complexity index is 649. The molecular formula is C14H13N3O2S. The molecule has 3 N–H and O–H groups in total. The molecule has 6 heteroatoms. The quantitative estimate of drug-likeness (QED) is 0.648. The van der Waals surface area contributed by atoms with Crippen molar-refractivity contribution < 1.29 is 9.59 Å². The Morgan fingerprint density at radius 1 is 1.15 bits per heavy atom. The van der Waals surface area contributed by atoms with E-state index in [9.17, 15) is 9.59 Å². The molecule has 1 aromatic carbocycles. The molecule has 0 radical (unpaired) electrons. The van der Waals surface area contributed by atoms with Crippen molar-refractivity contribution in [2.45, 2.75) is 6.42 Å². The number of carbonyl (C=O) groups excluding carboxylic acids is 2. The minimum absolute atomic E-state index is 0.0652. The number of benzene rings is 1. The third-order valence-electron chi connectivity index (χ3n) is 2.66. The van der Waals surface area contributed by atoms with Gasteiger partial charge in [-0.15, -0.1) is 0 Å². The highest BCUT2D eigenvalue weighted by atomic mass is 32.1. The van der Waals surface area contributed by atoms with E-state index in [4.69, 9.17) is 18.0 Å². The zero-order valence-corrected chi connectivity index (χ0v) is 11.4. The Balaban J connectivity index is 2.01. The molecule has 1 amide bonds. The fourth-order valence-corrected chi connectivity index (χ4v) is 1.95. The highest BCUT2D eigenvalue weighted by Gasteiger charge is 2.11. The molecule has 0 saturated carbocycles. The number of amides is 1. The lowest BCUT2D eigenvalue weighted by atomic mass is 10.1. The molecule has 2 aromatic rings. The van der Waals surface area contributed by atoms with Gasteiger partial charge in [-0.25, -0.2) is 0 Å². The van der Waals surface area contributed by atoms with Gasteiger partial charge in [-0.1, -0.05) is 42.5 Å². The number of Topliss-reactive ketones (excluding diaryl/α,β-unsaturated/α-hetero) is 1. The van der Waals surface area contributed by atoms with Gasteiger partial charge in [0.25, 0.3) is 5.91 Å². The van der Waals surface area contributed by atoms with E-state index in [0.717, 1.165) is 0 Å². The molecule has 0 bridgehead atoms. The molecule has 5 nitrogen and oxygen atoms in total. The van der Waals surface area contributed by atoms with E-state index in [1.165, 1.54) is 4.68 Å². The number of hydrogen-bond acceptors (Lipinski definition) is 3. The van der Waals surface area contributed by atoms with Crippen LogP contribution in [0.15, 0.2) is 48.7 Å². The molecule has 20 heavy (non-hydrogen) atoms. The van der Waals surface area contributed by atoms with Crippen molar-refractivity contribution in [3.05, 3.63) is 59.9 Å². The first kappa shape index (κ1) is 14.0. The number of primary amides is 1. The Hall–Kier alpha value is -2.47. The maximum absolute atomic E-state index is 12.0. The van der Waals surface area contributed by atoms with Crippen LogP contribution in [-0.4, -0.2) is 21.4 Å². The minimum Gasteiger partial charge on any atom is -0.364 e. The molecule has 0 atom stereocenters. The van der Waals surface area contributed by atoms with E-state index in [-0.39, 0.29) is 17.9 Å². The largest absolute Gasteiger partial charge is 0.364 e. The second kappa shape index (κ2) is 6.12. The maximum atomic E-state index is 12.0. The lowest BCUT2D eigenvalue weighted by Gasteiger charge is -2.11. The second-order valence-electron chi connectivity index (χ2n) is 4.13. The Morgan fingerprint density at radius 2 is 1.85 bits per heavy atom. The highest BCUT2D eigenvalue weighted by Crippen LogP contribution is 2.05. The highest BCUT2D eigenvalue weighted by molar-refractivity contribution is 7.80. The second-order valence-corrected chi connectivity index (χ2v) is 4.62. The molecule has 0 fully saturated rings. The molecule has 0 aliphatic carbocycles. The SMILES string of the molecule is NC(=O)c1cccn1NC(=S)CC(=O)c1ccccc1. The molecule has 102 valence electrons. The van der Waals surface area contributed by atoms with Gasteiger partial charge < -0.3 is 5.73 Å². The Labute approximate surface area is 121 Å². The lowest BCUT2D eigenvalue weighted by Crippen LogP contribution is -2.27. The van der Waals surface area contributed by atoms with Crippen LogP contribution in [-0.2, 0) is 0 Å². The van der Waals surface area contributed by atoms with Crippen LogP contribution in [0.4, 0.5) is 0 Å². The van der Waals surface area contributed by atoms with Crippen molar-refractivity contribution in [1.82, 2.24) is 4.68 Å². The normalized spacial score (nSPS) is 10.0. The summed E-state index contributed by atoms with van der Waals surface area (Å²) in [7, 11) is 0. The van der Waals surface area contributed by atoms with Gasteiger partial charge in [0.2, 0.25) is 0 Å². The van der Waals surface area contributed by atoms with Crippen LogP contribution in [0.25, 0.3) is 0 Å². The van der Waals surface area contributed by atoms with Gasteiger partial charge in [0.05, 0.1) is 6.42 Å². The Morgan fingerprint density at radius 3 is 2.50 bits per heavy atom. The Kier molecular flexibility index (Phi) is 4.27. The number of rotatable bonds is 5. The topological polar surface area (TPSA) is 77.1 Å². The van der Waals surface area contributed by atoms with E-state index in [1.54, 1.807) is 42.6 Å². The van der Waals surface area contributed by atoms with E-state index in [1.807, 2.05) is 6.07 Å². The van der Waals surface area contributed by atoms with Crippen molar-refractivity contribution in [2.75, 3.05) is 5.43 Å². The summed E-state index contributed by atoms with van der Waals surface area (Å²) in [6.07, 6.45) is 1.68. The summed E-state index contributed by atoms with van der Waals surface area (Å²) in [5, 5.41) is 0. The lowest BCUT2D eigenvalue weighted by molar-refractivity contribution is 0.0989. The predicted octanol–water partition coefficient (Wildman–Crippen LogP) is 1.73. The summed E-state index contributed by atoms with van der Waals surface area (Å²) in [6.45, 7) is 0. The third kappa shape index (κ3) is 3.30. The minimum atomic E-state index is -0.570. The van der Waals surface area contributed by atoms with Crippen LogP contribution in [0.3, 0.4) is 0 Å². The summed E-state index contributed by atoms with van der Waals surface area (Å²) in [6, 6.07) is 12.1. The van der Waals surface area contributed by atoms with E-state index >= 15 is 0 Å². The van der Waals surface area contributed by atoms with Crippen LogP contribution < -0.4 is 11.2 Å². The molecule has 0 aliphatic heterocycles. The fraction of sp³-hybridized carbons (Fsp3) is 0.0714. The third-order valence-corrected chi connectivity index (χ3v) is 2.90. The summed E-state index contributed by atoms with van der Waals surface area (Å²) < 4.78 is 1.41. The number of aromatic nitrogens is 1. The first-order chi connectivity index (χ1) is 9.58. The average Bonchev–Trinajstić information content (AvgIpc) is 2.87. The zero-order chi connectivity index (χ0) is 14.5. The number of nitrogens with zero attached hydrogens (tertiary/aromatic N) is 1.